The van der Waals surface area contributed by atoms with Gasteiger partial charge in [0.2, 0.25) is 0 Å². The first-order chi connectivity index (χ1) is 7.40. The molecule has 0 aliphatic rings. The lowest BCUT2D eigenvalue weighted by Gasteiger charge is -2.10. The first-order valence-corrected chi connectivity index (χ1v) is 4.65. The monoisotopic (exact) mass is 239 g/mol. The van der Waals surface area contributed by atoms with Gasteiger partial charge in [0, 0.05) is 24.9 Å². The molecule has 1 aromatic carbocycles. The van der Waals surface area contributed by atoms with E-state index in [2.05, 4.69) is 10.1 Å². The Morgan fingerprint density at radius 1 is 1.12 bits per heavy atom. The van der Waals surface area contributed by atoms with E-state index in [1.165, 1.54) is 7.05 Å². The molecule has 0 radical (unpaired) electrons. The van der Waals surface area contributed by atoms with E-state index < -0.39 is 17.9 Å². The largest absolute Gasteiger partial charge is 0.573 e. The highest BCUT2D eigenvalue weighted by atomic mass is 19.4. The SMILES string of the molecule is CC.CNc1cc(F)cc(OC(F)(F)F)c1. The van der Waals surface area contributed by atoms with E-state index in [0.717, 1.165) is 12.1 Å². The normalized spacial score (nSPS) is 10.2. The predicted molar refractivity (Wildman–Crippen MR) is 54.0 cm³/mol. The van der Waals surface area contributed by atoms with Crippen molar-refractivity contribution in [1.29, 1.82) is 0 Å². The number of benzene rings is 1. The molecule has 0 aromatic heterocycles. The van der Waals surface area contributed by atoms with Crippen molar-refractivity contribution in [2.24, 2.45) is 0 Å². The minimum absolute atomic E-state index is 0.212. The summed E-state index contributed by atoms with van der Waals surface area (Å²) in [5, 5.41) is 2.51. The van der Waals surface area contributed by atoms with Crippen LogP contribution < -0.4 is 10.1 Å². The number of ether oxygens (including phenoxy) is 1. The molecule has 1 aromatic rings. The second kappa shape index (κ2) is 6.19. The van der Waals surface area contributed by atoms with Gasteiger partial charge in [0.05, 0.1) is 0 Å². The van der Waals surface area contributed by atoms with Gasteiger partial charge in [0.25, 0.3) is 0 Å². The van der Waals surface area contributed by atoms with Crippen molar-refractivity contribution in [2.75, 3.05) is 12.4 Å². The van der Waals surface area contributed by atoms with E-state index >= 15 is 0 Å². The third kappa shape index (κ3) is 5.43. The quantitative estimate of drug-likeness (QED) is 0.793. The second-order valence-corrected chi connectivity index (χ2v) is 2.47. The number of hydrogen-bond donors (Lipinski definition) is 1. The van der Waals surface area contributed by atoms with Crippen LogP contribution >= 0.6 is 0 Å². The highest BCUT2D eigenvalue weighted by molar-refractivity contribution is 5.48. The molecule has 0 aliphatic heterocycles. The number of rotatable bonds is 2. The molecule has 0 fully saturated rings. The minimum atomic E-state index is -4.81. The van der Waals surface area contributed by atoms with E-state index in [4.69, 9.17) is 0 Å². The number of nitrogens with one attached hydrogen (secondary N) is 1. The molecule has 0 spiro atoms. The summed E-state index contributed by atoms with van der Waals surface area (Å²) in [6.07, 6.45) is -4.81. The molecule has 0 aliphatic carbocycles. The van der Waals surface area contributed by atoms with E-state index in [0.29, 0.717) is 6.07 Å². The molecule has 16 heavy (non-hydrogen) atoms. The first kappa shape index (κ1) is 14.5. The van der Waals surface area contributed by atoms with Gasteiger partial charge in [-0.3, -0.25) is 0 Å². The zero-order chi connectivity index (χ0) is 12.8. The summed E-state index contributed by atoms with van der Waals surface area (Å²) in [5.41, 5.74) is 0.212. The maximum Gasteiger partial charge on any atom is 0.573 e. The van der Waals surface area contributed by atoms with Gasteiger partial charge in [-0.05, 0) is 6.07 Å². The van der Waals surface area contributed by atoms with Crippen molar-refractivity contribution in [1.82, 2.24) is 0 Å². The Morgan fingerprint density at radius 2 is 1.69 bits per heavy atom. The van der Waals surface area contributed by atoms with Crippen molar-refractivity contribution in [3.05, 3.63) is 24.0 Å². The molecule has 2 nitrogen and oxygen atoms in total. The Balaban J connectivity index is 0.00000106. The molecule has 0 bridgehead atoms. The third-order valence-corrected chi connectivity index (χ3v) is 1.39. The lowest BCUT2D eigenvalue weighted by molar-refractivity contribution is -0.274. The lowest BCUT2D eigenvalue weighted by Crippen LogP contribution is -2.17. The fraction of sp³-hybridized carbons (Fsp3) is 0.400. The average Bonchev–Trinajstić information content (AvgIpc) is 2.17. The zero-order valence-electron chi connectivity index (χ0n) is 9.15. The summed E-state index contributed by atoms with van der Waals surface area (Å²) in [5.74, 6) is -1.38. The molecule has 1 N–H and O–H groups in total. The summed E-state index contributed by atoms with van der Waals surface area (Å²) in [4.78, 5) is 0. The highest BCUT2D eigenvalue weighted by Gasteiger charge is 2.31. The van der Waals surface area contributed by atoms with Gasteiger partial charge in [0.15, 0.2) is 0 Å². The van der Waals surface area contributed by atoms with Gasteiger partial charge < -0.3 is 10.1 Å². The molecule has 1 rings (SSSR count). The van der Waals surface area contributed by atoms with Gasteiger partial charge in [0.1, 0.15) is 11.6 Å². The maximum absolute atomic E-state index is 12.7. The van der Waals surface area contributed by atoms with E-state index in [1.807, 2.05) is 13.8 Å². The molecular weight excluding hydrogens is 226 g/mol. The Morgan fingerprint density at radius 3 is 2.12 bits per heavy atom. The van der Waals surface area contributed by atoms with Crippen molar-refractivity contribution < 1.29 is 22.3 Å². The Labute approximate surface area is 91.2 Å². The summed E-state index contributed by atoms with van der Waals surface area (Å²) in [6, 6.07) is 2.77. The Kier molecular flexibility index (Phi) is 5.63. The second-order valence-electron chi connectivity index (χ2n) is 2.47. The van der Waals surface area contributed by atoms with Gasteiger partial charge >= 0.3 is 6.36 Å². The summed E-state index contributed by atoms with van der Waals surface area (Å²) >= 11 is 0. The third-order valence-electron chi connectivity index (χ3n) is 1.39. The minimum Gasteiger partial charge on any atom is -0.406 e. The van der Waals surface area contributed by atoms with E-state index in [9.17, 15) is 17.6 Å². The van der Waals surface area contributed by atoms with Crippen LogP contribution in [0.1, 0.15) is 13.8 Å². The molecule has 6 heteroatoms. The first-order valence-electron chi connectivity index (χ1n) is 4.65. The van der Waals surface area contributed by atoms with Crippen LogP contribution in [0.3, 0.4) is 0 Å². The van der Waals surface area contributed by atoms with Crippen LogP contribution in [0.4, 0.5) is 23.2 Å². The molecule has 92 valence electrons. The van der Waals surface area contributed by atoms with Gasteiger partial charge in [-0.25, -0.2) is 4.39 Å². The van der Waals surface area contributed by atoms with Crippen LogP contribution in [0.15, 0.2) is 18.2 Å². The van der Waals surface area contributed by atoms with Crippen molar-refractivity contribution in [3.8, 4) is 5.75 Å². The fourth-order valence-corrected chi connectivity index (χ4v) is 0.900. The molecule has 0 amide bonds. The van der Waals surface area contributed by atoms with Crippen LogP contribution in [0.5, 0.6) is 5.75 Å². The van der Waals surface area contributed by atoms with Gasteiger partial charge in [-0.1, -0.05) is 13.8 Å². The van der Waals surface area contributed by atoms with Gasteiger partial charge in [-0.2, -0.15) is 0 Å². The summed E-state index contributed by atoms with van der Waals surface area (Å²) in [6.45, 7) is 4.00. The van der Waals surface area contributed by atoms with Crippen molar-refractivity contribution in [3.63, 3.8) is 0 Å². The van der Waals surface area contributed by atoms with E-state index in [1.54, 1.807) is 0 Å². The zero-order valence-corrected chi connectivity index (χ0v) is 9.15. The molecule has 0 saturated carbocycles. The topological polar surface area (TPSA) is 21.3 Å². The van der Waals surface area contributed by atoms with Gasteiger partial charge in [-0.15, -0.1) is 13.2 Å². The Bertz CT molecular complexity index is 325. The summed E-state index contributed by atoms with van der Waals surface area (Å²) in [7, 11) is 1.46. The standard InChI is InChI=1S/C8H7F4NO.C2H6/c1-13-6-2-5(9)3-7(4-6)14-8(10,11)12;1-2/h2-4,13H,1H3;1-2H3. The molecular formula is C10H13F4NO. The molecule has 0 unspecified atom stereocenters. The average molecular weight is 239 g/mol. The van der Waals surface area contributed by atoms with Crippen LogP contribution in [0, 0.1) is 5.82 Å². The van der Waals surface area contributed by atoms with Crippen molar-refractivity contribution in [2.45, 2.75) is 20.2 Å². The highest BCUT2D eigenvalue weighted by Crippen LogP contribution is 2.26. The maximum atomic E-state index is 12.7. The lowest BCUT2D eigenvalue weighted by atomic mass is 10.3. The fourth-order valence-electron chi connectivity index (χ4n) is 0.900. The number of anilines is 1. The number of alkyl halides is 3. The number of halogens is 4. The molecule has 0 atom stereocenters. The number of hydrogen-bond acceptors (Lipinski definition) is 2. The smallest absolute Gasteiger partial charge is 0.406 e. The van der Waals surface area contributed by atoms with Crippen LogP contribution in [-0.4, -0.2) is 13.4 Å². The van der Waals surface area contributed by atoms with E-state index in [-0.39, 0.29) is 5.69 Å². The molecule has 0 saturated heterocycles. The summed E-state index contributed by atoms with van der Waals surface area (Å²) < 4.78 is 51.5. The predicted octanol–water partition coefficient (Wildman–Crippen LogP) is 3.79. The van der Waals surface area contributed by atoms with Crippen LogP contribution in [-0.2, 0) is 0 Å². The van der Waals surface area contributed by atoms with Crippen LogP contribution in [0.25, 0.3) is 0 Å². The Hall–Kier alpha value is -1.46. The molecule has 0 heterocycles. The van der Waals surface area contributed by atoms with Crippen molar-refractivity contribution >= 4 is 5.69 Å². The van der Waals surface area contributed by atoms with Crippen LogP contribution in [0.2, 0.25) is 0 Å².